The summed E-state index contributed by atoms with van der Waals surface area (Å²) in [6, 6.07) is 2.07. The Morgan fingerprint density at radius 2 is 2.00 bits per heavy atom. The normalized spacial score (nSPS) is 27.7. The van der Waals surface area contributed by atoms with Crippen molar-refractivity contribution in [1.29, 1.82) is 0 Å². The van der Waals surface area contributed by atoms with Crippen molar-refractivity contribution in [2.24, 2.45) is 0 Å². The van der Waals surface area contributed by atoms with Crippen molar-refractivity contribution in [3.8, 4) is 0 Å². The van der Waals surface area contributed by atoms with E-state index in [9.17, 15) is 0 Å². The van der Waals surface area contributed by atoms with Gasteiger partial charge in [0.25, 0.3) is 0 Å². The molecule has 0 spiro atoms. The lowest BCUT2D eigenvalue weighted by Gasteiger charge is -2.40. The first-order valence-corrected chi connectivity index (χ1v) is 8.71. The largest absolute Gasteiger partial charge is 0.378 e. The van der Waals surface area contributed by atoms with Crippen LogP contribution in [0.15, 0.2) is 12.3 Å². The van der Waals surface area contributed by atoms with Gasteiger partial charge in [-0.3, -0.25) is 4.90 Å². The highest BCUT2D eigenvalue weighted by Gasteiger charge is 2.36. The van der Waals surface area contributed by atoms with Crippen LogP contribution < -0.4 is 4.90 Å². The standard InChI is InChI=1S/C17H28N4O4/c1-20(14-11-25-12-15(22-2)16(14)23-3)10-13-4-5-18-17(19-13)21-6-8-24-9-7-21/h4-5,14-16H,6-12H2,1-3H3/t14-,15-,16+/m1/s1. The van der Waals surface area contributed by atoms with Gasteiger partial charge in [0.15, 0.2) is 0 Å². The van der Waals surface area contributed by atoms with Crippen molar-refractivity contribution < 1.29 is 18.9 Å². The molecule has 0 bridgehead atoms. The fourth-order valence-corrected chi connectivity index (χ4v) is 3.39. The number of anilines is 1. The van der Waals surface area contributed by atoms with Crippen LogP contribution in [-0.4, -0.2) is 93.9 Å². The number of rotatable bonds is 6. The third-order valence-electron chi connectivity index (χ3n) is 4.86. The third-order valence-corrected chi connectivity index (χ3v) is 4.86. The molecular formula is C17H28N4O4. The monoisotopic (exact) mass is 352 g/mol. The number of hydrogen-bond donors (Lipinski definition) is 0. The first-order chi connectivity index (χ1) is 12.2. The summed E-state index contributed by atoms with van der Waals surface area (Å²) in [5, 5.41) is 0. The Hall–Kier alpha value is -1.32. The van der Waals surface area contributed by atoms with Crippen LogP contribution in [0, 0.1) is 0 Å². The van der Waals surface area contributed by atoms with E-state index in [4.69, 9.17) is 23.9 Å². The maximum Gasteiger partial charge on any atom is 0.225 e. The Labute approximate surface area is 149 Å². The number of aromatic nitrogens is 2. The minimum Gasteiger partial charge on any atom is -0.378 e. The average Bonchev–Trinajstić information content (AvgIpc) is 2.68. The smallest absolute Gasteiger partial charge is 0.225 e. The highest BCUT2D eigenvalue weighted by Crippen LogP contribution is 2.20. The zero-order valence-corrected chi connectivity index (χ0v) is 15.3. The zero-order chi connectivity index (χ0) is 17.6. The van der Waals surface area contributed by atoms with E-state index in [0.29, 0.717) is 19.8 Å². The molecule has 3 heterocycles. The van der Waals surface area contributed by atoms with Crippen LogP contribution in [-0.2, 0) is 25.5 Å². The molecule has 8 nitrogen and oxygen atoms in total. The maximum absolute atomic E-state index is 5.69. The van der Waals surface area contributed by atoms with Crippen molar-refractivity contribution in [3.63, 3.8) is 0 Å². The summed E-state index contributed by atoms with van der Waals surface area (Å²) >= 11 is 0. The van der Waals surface area contributed by atoms with Crippen LogP contribution in [0.2, 0.25) is 0 Å². The SMILES string of the molecule is CO[C@H]1[C@H](N(C)Cc2ccnc(N3CCOCC3)n2)COC[C@H]1OC. The molecule has 3 atom stereocenters. The molecular weight excluding hydrogens is 324 g/mol. The predicted molar refractivity (Wildman–Crippen MR) is 92.7 cm³/mol. The second kappa shape index (κ2) is 8.86. The van der Waals surface area contributed by atoms with E-state index in [0.717, 1.165) is 37.9 Å². The summed E-state index contributed by atoms with van der Waals surface area (Å²) < 4.78 is 22.3. The topological polar surface area (TPSA) is 69.2 Å². The lowest BCUT2D eigenvalue weighted by Crippen LogP contribution is -2.56. The highest BCUT2D eigenvalue weighted by atomic mass is 16.6. The molecule has 2 aliphatic rings. The van der Waals surface area contributed by atoms with Gasteiger partial charge in [-0.2, -0.15) is 0 Å². The minimum absolute atomic E-state index is 0.0238. The summed E-state index contributed by atoms with van der Waals surface area (Å²) in [4.78, 5) is 13.5. The minimum atomic E-state index is -0.0551. The summed E-state index contributed by atoms with van der Waals surface area (Å²) in [5.74, 6) is 0.771. The molecule has 0 radical (unpaired) electrons. The zero-order valence-electron chi connectivity index (χ0n) is 15.3. The molecule has 8 heteroatoms. The number of nitrogens with zero attached hydrogens (tertiary/aromatic N) is 4. The van der Waals surface area contributed by atoms with Crippen molar-refractivity contribution in [1.82, 2.24) is 14.9 Å². The van der Waals surface area contributed by atoms with Crippen LogP contribution in [0.4, 0.5) is 5.95 Å². The van der Waals surface area contributed by atoms with Gasteiger partial charge in [0.05, 0.1) is 38.2 Å². The quantitative estimate of drug-likeness (QED) is 0.718. The summed E-state index contributed by atoms with van der Waals surface area (Å²) in [7, 11) is 5.49. The number of ether oxygens (including phenoxy) is 4. The fourth-order valence-electron chi connectivity index (χ4n) is 3.39. The van der Waals surface area contributed by atoms with E-state index in [2.05, 4.69) is 21.8 Å². The van der Waals surface area contributed by atoms with E-state index < -0.39 is 0 Å². The van der Waals surface area contributed by atoms with Gasteiger partial charge in [-0.05, 0) is 13.1 Å². The van der Waals surface area contributed by atoms with Gasteiger partial charge in [0.1, 0.15) is 12.2 Å². The maximum atomic E-state index is 5.69. The molecule has 2 fully saturated rings. The Morgan fingerprint density at radius 1 is 1.20 bits per heavy atom. The van der Waals surface area contributed by atoms with Gasteiger partial charge in [-0.25, -0.2) is 9.97 Å². The Bertz CT molecular complexity index is 541. The van der Waals surface area contributed by atoms with E-state index in [-0.39, 0.29) is 18.2 Å². The number of hydrogen-bond acceptors (Lipinski definition) is 8. The summed E-state index contributed by atoms with van der Waals surface area (Å²) in [6.07, 6.45) is 1.74. The van der Waals surface area contributed by atoms with Gasteiger partial charge in [0.2, 0.25) is 5.95 Å². The summed E-state index contributed by atoms with van der Waals surface area (Å²) in [6.45, 7) is 4.99. The first-order valence-electron chi connectivity index (χ1n) is 8.71. The molecule has 0 saturated carbocycles. The molecule has 0 aromatic carbocycles. The van der Waals surface area contributed by atoms with Crippen LogP contribution >= 0.6 is 0 Å². The van der Waals surface area contributed by atoms with Gasteiger partial charge < -0.3 is 23.8 Å². The Balaban J connectivity index is 1.66. The van der Waals surface area contributed by atoms with Crippen molar-refractivity contribution >= 4 is 5.95 Å². The highest BCUT2D eigenvalue weighted by molar-refractivity contribution is 5.30. The first kappa shape index (κ1) is 18.5. The lowest BCUT2D eigenvalue weighted by atomic mass is 10.0. The van der Waals surface area contributed by atoms with Gasteiger partial charge in [0, 0.05) is 40.1 Å². The lowest BCUT2D eigenvalue weighted by molar-refractivity contribution is -0.153. The van der Waals surface area contributed by atoms with Gasteiger partial charge in [-0.15, -0.1) is 0 Å². The van der Waals surface area contributed by atoms with E-state index >= 15 is 0 Å². The van der Waals surface area contributed by atoms with Gasteiger partial charge in [-0.1, -0.05) is 0 Å². The fraction of sp³-hybridized carbons (Fsp3) is 0.765. The summed E-state index contributed by atoms with van der Waals surface area (Å²) in [5.41, 5.74) is 0.980. The molecule has 140 valence electrons. The van der Waals surface area contributed by atoms with Crippen LogP contribution in [0.1, 0.15) is 5.69 Å². The van der Waals surface area contributed by atoms with Crippen molar-refractivity contribution in [3.05, 3.63) is 18.0 Å². The molecule has 25 heavy (non-hydrogen) atoms. The molecule has 1 aromatic heterocycles. The van der Waals surface area contributed by atoms with Crippen LogP contribution in [0.3, 0.4) is 0 Å². The molecule has 3 rings (SSSR count). The molecule has 2 aliphatic heterocycles. The average molecular weight is 352 g/mol. The molecule has 0 unspecified atom stereocenters. The van der Waals surface area contributed by atoms with Crippen molar-refractivity contribution in [2.75, 3.05) is 65.7 Å². The Kier molecular flexibility index (Phi) is 6.55. The number of morpholine rings is 1. The number of likely N-dealkylation sites (N-methyl/N-ethyl adjacent to an activating group) is 1. The third kappa shape index (κ3) is 4.45. The predicted octanol–water partition coefficient (Wildman–Crippen LogP) is 0.174. The van der Waals surface area contributed by atoms with Crippen LogP contribution in [0.25, 0.3) is 0 Å². The Morgan fingerprint density at radius 3 is 2.72 bits per heavy atom. The molecule has 1 aromatic rings. The second-order valence-electron chi connectivity index (χ2n) is 6.44. The molecule has 0 N–H and O–H groups in total. The van der Waals surface area contributed by atoms with Gasteiger partial charge >= 0.3 is 0 Å². The second-order valence-corrected chi connectivity index (χ2v) is 6.44. The van der Waals surface area contributed by atoms with Crippen molar-refractivity contribution in [2.45, 2.75) is 24.8 Å². The van der Waals surface area contributed by atoms with E-state index in [1.807, 2.05) is 12.3 Å². The van der Waals surface area contributed by atoms with Crippen LogP contribution in [0.5, 0.6) is 0 Å². The van der Waals surface area contributed by atoms with E-state index in [1.54, 1.807) is 14.2 Å². The van der Waals surface area contributed by atoms with E-state index in [1.165, 1.54) is 0 Å². The molecule has 0 amide bonds. The molecule has 0 aliphatic carbocycles. The molecule has 2 saturated heterocycles. The number of methoxy groups -OCH3 is 2.